The zero-order chi connectivity index (χ0) is 25.3. The summed E-state index contributed by atoms with van der Waals surface area (Å²) in [5, 5.41) is 6.18. The lowest BCUT2D eigenvalue weighted by molar-refractivity contribution is 0.173. The van der Waals surface area contributed by atoms with Gasteiger partial charge in [-0.25, -0.2) is 0 Å². The first kappa shape index (κ1) is 23.3. The molecule has 38 heavy (non-hydrogen) atoms. The topological polar surface area (TPSA) is 36.9 Å². The predicted molar refractivity (Wildman–Crippen MR) is 157 cm³/mol. The SMILES string of the molecule is c1ccc(Pc2ccc3c(c2-c2c(P(c4ccccc4)c4ccccc4)ccc4c2OCO4)OCO3)cc1. The van der Waals surface area contributed by atoms with E-state index < -0.39 is 7.92 Å². The molecule has 0 radical (unpaired) electrons. The number of ether oxygens (including phenoxy) is 4. The summed E-state index contributed by atoms with van der Waals surface area (Å²) in [6, 6.07) is 40.4. The van der Waals surface area contributed by atoms with Crippen LogP contribution in [-0.2, 0) is 0 Å². The highest BCUT2D eigenvalue weighted by Crippen LogP contribution is 2.51. The third-order valence-electron chi connectivity index (χ3n) is 6.63. The number of hydrogen-bond donors (Lipinski definition) is 0. The Bertz CT molecular complexity index is 1550. The van der Waals surface area contributed by atoms with Crippen LogP contribution in [-0.4, -0.2) is 13.6 Å². The number of rotatable bonds is 6. The van der Waals surface area contributed by atoms with Crippen LogP contribution in [0.3, 0.4) is 0 Å². The molecule has 2 aliphatic heterocycles. The van der Waals surface area contributed by atoms with Crippen molar-refractivity contribution in [3.63, 3.8) is 0 Å². The van der Waals surface area contributed by atoms with Crippen molar-refractivity contribution in [2.45, 2.75) is 0 Å². The molecular formula is C32H24O4P2. The quantitative estimate of drug-likeness (QED) is 0.281. The summed E-state index contributed by atoms with van der Waals surface area (Å²) >= 11 is 0. The summed E-state index contributed by atoms with van der Waals surface area (Å²) in [6.45, 7) is 0.400. The fraction of sp³-hybridized carbons (Fsp3) is 0.0625. The first-order valence-electron chi connectivity index (χ1n) is 12.4. The Hall–Kier alpha value is -3.84. The van der Waals surface area contributed by atoms with Crippen LogP contribution in [0.15, 0.2) is 115 Å². The molecular weight excluding hydrogens is 510 g/mol. The first-order valence-corrected chi connectivity index (χ1v) is 14.8. The Kier molecular flexibility index (Phi) is 6.21. The minimum Gasteiger partial charge on any atom is -0.454 e. The van der Waals surface area contributed by atoms with Gasteiger partial charge >= 0.3 is 0 Å². The molecule has 0 aliphatic carbocycles. The van der Waals surface area contributed by atoms with Crippen LogP contribution in [0.4, 0.5) is 0 Å². The van der Waals surface area contributed by atoms with Crippen LogP contribution < -0.4 is 45.5 Å². The van der Waals surface area contributed by atoms with E-state index in [2.05, 4.69) is 103 Å². The second kappa shape index (κ2) is 10.1. The Morgan fingerprint density at radius 1 is 0.500 bits per heavy atom. The second-order valence-electron chi connectivity index (χ2n) is 8.91. The van der Waals surface area contributed by atoms with Crippen LogP contribution in [0.1, 0.15) is 0 Å². The van der Waals surface area contributed by atoms with Crippen LogP contribution in [0.2, 0.25) is 0 Å². The summed E-state index contributed by atoms with van der Waals surface area (Å²) in [4.78, 5) is 0. The van der Waals surface area contributed by atoms with Gasteiger partial charge < -0.3 is 18.9 Å². The Labute approximate surface area is 224 Å². The van der Waals surface area contributed by atoms with Crippen molar-refractivity contribution >= 4 is 43.0 Å². The molecule has 5 aromatic rings. The van der Waals surface area contributed by atoms with Gasteiger partial charge in [0.1, 0.15) is 0 Å². The second-order valence-corrected chi connectivity index (χ2v) is 12.5. The molecule has 0 saturated carbocycles. The highest BCUT2D eigenvalue weighted by Gasteiger charge is 2.33. The molecule has 2 heterocycles. The predicted octanol–water partition coefficient (Wildman–Crippen LogP) is 5.20. The molecule has 6 heteroatoms. The Morgan fingerprint density at radius 2 is 1.03 bits per heavy atom. The highest BCUT2D eigenvalue weighted by molar-refractivity contribution is 7.80. The van der Waals surface area contributed by atoms with Crippen LogP contribution in [0.25, 0.3) is 11.1 Å². The minimum absolute atomic E-state index is 0.197. The fourth-order valence-electron chi connectivity index (χ4n) is 4.97. The van der Waals surface area contributed by atoms with Gasteiger partial charge in [0, 0.05) is 11.1 Å². The van der Waals surface area contributed by atoms with Gasteiger partial charge in [-0.3, -0.25) is 0 Å². The lowest BCUT2D eigenvalue weighted by atomic mass is 10.0. The van der Waals surface area contributed by atoms with E-state index in [1.54, 1.807) is 0 Å². The number of benzene rings is 5. The summed E-state index contributed by atoms with van der Waals surface area (Å²) in [5.41, 5.74) is 2.05. The molecule has 7 rings (SSSR count). The van der Waals surface area contributed by atoms with Crippen LogP contribution in [0, 0.1) is 0 Å². The van der Waals surface area contributed by atoms with Crippen molar-refractivity contribution in [2.24, 2.45) is 0 Å². The summed E-state index contributed by atoms with van der Waals surface area (Å²) < 4.78 is 24.1. The van der Waals surface area contributed by atoms with Crippen molar-refractivity contribution < 1.29 is 18.9 Å². The van der Waals surface area contributed by atoms with Crippen molar-refractivity contribution in [3.8, 4) is 34.1 Å². The standard InChI is InChI=1S/C32H24O4P2/c1-4-10-22(11-5-1)37-27-18-16-25-31(35-20-33-25)29(27)30-28(19-17-26-32(30)36-21-34-26)38(23-12-6-2-7-13-23)24-14-8-3-9-15-24/h1-19,37H,20-21H2. The number of hydrogen-bond acceptors (Lipinski definition) is 4. The third-order valence-corrected chi connectivity index (χ3v) is 10.4. The maximum Gasteiger partial charge on any atom is 0.231 e. The van der Waals surface area contributed by atoms with Gasteiger partial charge in [0.25, 0.3) is 0 Å². The monoisotopic (exact) mass is 534 g/mol. The minimum atomic E-state index is -0.904. The van der Waals surface area contributed by atoms with Crippen molar-refractivity contribution in [3.05, 3.63) is 115 Å². The van der Waals surface area contributed by atoms with E-state index in [0.717, 1.165) is 34.1 Å². The Balaban J connectivity index is 1.52. The molecule has 186 valence electrons. The molecule has 5 aromatic carbocycles. The molecule has 4 nitrogen and oxygen atoms in total. The molecule has 2 aliphatic rings. The molecule has 0 fully saturated rings. The molecule has 0 aromatic heterocycles. The van der Waals surface area contributed by atoms with Gasteiger partial charge in [0.05, 0.1) is 0 Å². The number of fused-ring (bicyclic) bond motifs is 2. The van der Waals surface area contributed by atoms with Crippen molar-refractivity contribution in [2.75, 3.05) is 13.6 Å². The lowest BCUT2D eigenvalue weighted by Crippen LogP contribution is -2.23. The van der Waals surface area contributed by atoms with Crippen molar-refractivity contribution in [1.82, 2.24) is 0 Å². The molecule has 0 N–H and O–H groups in total. The molecule has 0 bridgehead atoms. The molecule has 1 atom stereocenters. The van der Waals surface area contributed by atoms with Gasteiger partial charge in [0.2, 0.25) is 13.6 Å². The molecule has 0 spiro atoms. The Morgan fingerprint density at radius 3 is 1.63 bits per heavy atom. The normalized spacial score (nSPS) is 13.5. The lowest BCUT2D eigenvalue weighted by Gasteiger charge is -2.25. The van der Waals surface area contributed by atoms with Crippen LogP contribution >= 0.6 is 16.5 Å². The zero-order valence-corrected chi connectivity index (χ0v) is 22.4. The first-order chi connectivity index (χ1) is 18.9. The highest BCUT2D eigenvalue weighted by atomic mass is 31.1. The van der Waals surface area contributed by atoms with E-state index in [1.807, 2.05) is 12.1 Å². The van der Waals surface area contributed by atoms with E-state index in [-0.39, 0.29) is 13.6 Å². The average Bonchev–Trinajstić information content (AvgIpc) is 3.65. The van der Waals surface area contributed by atoms with Gasteiger partial charge in [0.15, 0.2) is 23.0 Å². The zero-order valence-electron chi connectivity index (χ0n) is 20.5. The smallest absolute Gasteiger partial charge is 0.231 e. The van der Waals surface area contributed by atoms with Crippen LogP contribution in [0.5, 0.6) is 23.0 Å². The maximum absolute atomic E-state index is 6.21. The van der Waals surface area contributed by atoms with Gasteiger partial charge in [-0.15, -0.1) is 0 Å². The van der Waals surface area contributed by atoms with E-state index in [0.29, 0.717) is 8.58 Å². The fourth-order valence-corrected chi connectivity index (χ4v) is 8.63. The summed E-state index contributed by atoms with van der Waals surface area (Å²) in [6.07, 6.45) is 0. The average molecular weight is 534 g/mol. The largest absolute Gasteiger partial charge is 0.454 e. The van der Waals surface area contributed by atoms with Gasteiger partial charge in [-0.1, -0.05) is 99.6 Å². The maximum atomic E-state index is 6.21. The van der Waals surface area contributed by atoms with E-state index in [1.165, 1.54) is 26.5 Å². The van der Waals surface area contributed by atoms with E-state index >= 15 is 0 Å². The molecule has 0 saturated heterocycles. The third kappa shape index (κ3) is 4.21. The summed E-state index contributed by atoms with van der Waals surface area (Å²) in [5.74, 6) is 3.05. The van der Waals surface area contributed by atoms with Gasteiger partial charge in [-0.2, -0.15) is 0 Å². The van der Waals surface area contributed by atoms with E-state index in [4.69, 9.17) is 18.9 Å². The van der Waals surface area contributed by atoms with Crippen molar-refractivity contribution in [1.29, 1.82) is 0 Å². The van der Waals surface area contributed by atoms with E-state index in [9.17, 15) is 0 Å². The summed E-state index contributed by atoms with van der Waals surface area (Å²) in [7, 11) is -0.466. The van der Waals surface area contributed by atoms with Gasteiger partial charge in [-0.05, 0) is 58.7 Å². The molecule has 1 unspecified atom stereocenters. The molecule has 0 amide bonds.